The van der Waals surface area contributed by atoms with Crippen LogP contribution in [0.3, 0.4) is 0 Å². The third-order valence-electron chi connectivity index (χ3n) is 3.33. The predicted octanol–water partition coefficient (Wildman–Crippen LogP) is 0.902. The van der Waals surface area contributed by atoms with Gasteiger partial charge in [-0.2, -0.15) is 5.10 Å². The summed E-state index contributed by atoms with van der Waals surface area (Å²) in [6, 6.07) is -0.00391. The monoisotopic (exact) mass is 300 g/mol. The molecule has 0 amide bonds. The molecule has 1 aliphatic rings. The Morgan fingerprint density at radius 2 is 2.35 bits per heavy atom. The molecule has 7 heteroatoms. The Morgan fingerprint density at radius 1 is 1.60 bits per heavy atom. The van der Waals surface area contributed by atoms with E-state index < -0.39 is 0 Å². The zero-order chi connectivity index (χ0) is 14.7. The third-order valence-corrected chi connectivity index (χ3v) is 3.68. The fourth-order valence-corrected chi connectivity index (χ4v) is 2.57. The summed E-state index contributed by atoms with van der Waals surface area (Å²) in [5.74, 6) is 0. The van der Waals surface area contributed by atoms with Gasteiger partial charge in [0.1, 0.15) is 5.02 Å². The average Bonchev–Trinajstić information content (AvgIpc) is 2.42. The number of halogens is 1. The molecular weight excluding hydrogens is 280 g/mol. The highest BCUT2D eigenvalue weighted by Crippen LogP contribution is 2.23. The second kappa shape index (κ2) is 6.56. The molecule has 1 N–H and O–H groups in total. The van der Waals surface area contributed by atoms with E-state index in [0.29, 0.717) is 25.4 Å². The molecule has 0 aliphatic carbocycles. The first-order valence-electron chi connectivity index (χ1n) is 6.83. The van der Waals surface area contributed by atoms with Crippen LogP contribution >= 0.6 is 11.6 Å². The van der Waals surface area contributed by atoms with Gasteiger partial charge in [0.15, 0.2) is 0 Å². The van der Waals surface area contributed by atoms with E-state index in [1.165, 1.54) is 4.68 Å². The summed E-state index contributed by atoms with van der Waals surface area (Å²) in [5, 5.41) is 7.53. The number of ether oxygens (including phenoxy) is 1. The number of morpholine rings is 1. The zero-order valence-corrected chi connectivity index (χ0v) is 12.9. The number of hydrogen-bond acceptors (Lipinski definition) is 5. The molecule has 0 aromatic carbocycles. The first-order valence-corrected chi connectivity index (χ1v) is 7.20. The molecule has 0 spiro atoms. The van der Waals surface area contributed by atoms with Gasteiger partial charge in [-0.1, -0.05) is 11.6 Å². The van der Waals surface area contributed by atoms with Crippen LogP contribution in [0.4, 0.5) is 5.69 Å². The van der Waals surface area contributed by atoms with Crippen LogP contribution in [0.2, 0.25) is 5.02 Å². The first kappa shape index (κ1) is 15.3. The second-order valence-electron chi connectivity index (χ2n) is 5.18. The quantitative estimate of drug-likeness (QED) is 0.895. The Balaban J connectivity index is 2.25. The van der Waals surface area contributed by atoms with Crippen molar-refractivity contribution in [1.82, 2.24) is 15.1 Å². The van der Waals surface area contributed by atoms with Gasteiger partial charge < -0.3 is 15.0 Å². The summed E-state index contributed by atoms with van der Waals surface area (Å²) in [4.78, 5) is 14.2. The predicted molar refractivity (Wildman–Crippen MR) is 79.8 cm³/mol. The molecule has 1 saturated heterocycles. The van der Waals surface area contributed by atoms with Crippen molar-refractivity contribution < 1.29 is 4.74 Å². The van der Waals surface area contributed by atoms with Crippen LogP contribution in [0.15, 0.2) is 11.0 Å². The van der Waals surface area contributed by atoms with E-state index in [-0.39, 0.29) is 22.7 Å². The highest BCUT2D eigenvalue weighted by Gasteiger charge is 2.23. The topological polar surface area (TPSA) is 59.4 Å². The Hall–Kier alpha value is -1.11. The van der Waals surface area contributed by atoms with Gasteiger partial charge in [0.2, 0.25) is 0 Å². The highest BCUT2D eigenvalue weighted by atomic mass is 35.5. The smallest absolute Gasteiger partial charge is 0.287 e. The minimum Gasteiger partial charge on any atom is -0.373 e. The number of anilines is 1. The van der Waals surface area contributed by atoms with Crippen molar-refractivity contribution in [3.63, 3.8) is 0 Å². The molecule has 112 valence electrons. The van der Waals surface area contributed by atoms with Crippen LogP contribution in [0.1, 0.15) is 19.9 Å². The third kappa shape index (κ3) is 3.13. The summed E-state index contributed by atoms with van der Waals surface area (Å²) >= 11 is 6.23. The average molecular weight is 301 g/mol. The lowest BCUT2D eigenvalue weighted by molar-refractivity contribution is 0.0421. The standard InChI is InChI=1S/C13H21ClN4O2/c1-9(2)18-13(19)12(14)11(7-16-18)17-4-5-20-10(8-17)6-15-3/h7,9-10,15H,4-6,8H2,1-3H3. The van der Waals surface area contributed by atoms with E-state index in [0.717, 1.165) is 6.54 Å². The Bertz CT molecular complexity index is 516. The van der Waals surface area contributed by atoms with Crippen LogP contribution < -0.4 is 15.8 Å². The van der Waals surface area contributed by atoms with Crippen LogP contribution in [0, 0.1) is 0 Å². The SMILES string of the molecule is CNCC1CN(c2cnn(C(C)C)c(=O)c2Cl)CCO1. The van der Waals surface area contributed by atoms with Gasteiger partial charge in [-0.15, -0.1) is 0 Å². The number of hydrogen-bond donors (Lipinski definition) is 1. The lowest BCUT2D eigenvalue weighted by atomic mass is 10.2. The molecule has 1 fully saturated rings. The van der Waals surface area contributed by atoms with E-state index in [1.54, 1.807) is 6.20 Å². The maximum atomic E-state index is 12.2. The van der Waals surface area contributed by atoms with E-state index in [2.05, 4.69) is 15.3 Å². The van der Waals surface area contributed by atoms with E-state index in [1.807, 2.05) is 20.9 Å². The number of likely N-dealkylation sites (N-methyl/N-ethyl adjacent to an activating group) is 1. The van der Waals surface area contributed by atoms with Gasteiger partial charge in [-0.25, -0.2) is 4.68 Å². The van der Waals surface area contributed by atoms with Crippen LogP contribution in [-0.2, 0) is 4.74 Å². The molecule has 0 radical (unpaired) electrons. The zero-order valence-electron chi connectivity index (χ0n) is 12.1. The molecule has 2 rings (SSSR count). The second-order valence-corrected chi connectivity index (χ2v) is 5.56. The summed E-state index contributed by atoms with van der Waals surface area (Å²) in [7, 11) is 1.89. The van der Waals surface area contributed by atoms with Gasteiger partial charge in [-0.3, -0.25) is 4.79 Å². The number of nitrogens with zero attached hydrogens (tertiary/aromatic N) is 3. The summed E-state index contributed by atoms with van der Waals surface area (Å²) in [6.45, 7) is 6.62. The van der Waals surface area contributed by atoms with Crippen molar-refractivity contribution in [2.24, 2.45) is 0 Å². The minimum absolute atomic E-state index is 0.00391. The largest absolute Gasteiger partial charge is 0.373 e. The van der Waals surface area contributed by atoms with E-state index in [9.17, 15) is 4.79 Å². The molecule has 1 aromatic rings. The van der Waals surface area contributed by atoms with Gasteiger partial charge in [0.25, 0.3) is 5.56 Å². The molecule has 2 heterocycles. The van der Waals surface area contributed by atoms with Crippen molar-refractivity contribution in [3.8, 4) is 0 Å². The first-order chi connectivity index (χ1) is 9.54. The molecule has 1 atom stereocenters. The molecule has 1 aromatic heterocycles. The van der Waals surface area contributed by atoms with Crippen molar-refractivity contribution in [1.29, 1.82) is 0 Å². The van der Waals surface area contributed by atoms with Crippen molar-refractivity contribution in [2.75, 3.05) is 38.2 Å². The molecule has 6 nitrogen and oxygen atoms in total. The fourth-order valence-electron chi connectivity index (χ4n) is 2.31. The lowest BCUT2D eigenvalue weighted by Gasteiger charge is -2.34. The fraction of sp³-hybridized carbons (Fsp3) is 0.692. The van der Waals surface area contributed by atoms with Gasteiger partial charge in [0, 0.05) is 19.6 Å². The molecule has 20 heavy (non-hydrogen) atoms. The molecule has 1 aliphatic heterocycles. The highest BCUT2D eigenvalue weighted by molar-refractivity contribution is 6.33. The maximum Gasteiger partial charge on any atom is 0.287 e. The van der Waals surface area contributed by atoms with Crippen molar-refractivity contribution in [2.45, 2.75) is 26.0 Å². The van der Waals surface area contributed by atoms with E-state index >= 15 is 0 Å². The molecule has 1 unspecified atom stereocenters. The number of rotatable bonds is 4. The Kier molecular flexibility index (Phi) is 5.01. The normalized spacial score (nSPS) is 19.6. The molecular formula is C13H21ClN4O2. The van der Waals surface area contributed by atoms with Gasteiger partial charge in [-0.05, 0) is 20.9 Å². The summed E-state index contributed by atoms with van der Waals surface area (Å²) < 4.78 is 7.05. The molecule has 0 bridgehead atoms. The van der Waals surface area contributed by atoms with Crippen LogP contribution in [0.5, 0.6) is 0 Å². The summed E-state index contributed by atoms with van der Waals surface area (Å²) in [5.41, 5.74) is 0.453. The van der Waals surface area contributed by atoms with Crippen molar-refractivity contribution >= 4 is 17.3 Å². The summed E-state index contributed by atoms with van der Waals surface area (Å²) in [6.07, 6.45) is 1.77. The molecule has 0 saturated carbocycles. The maximum absolute atomic E-state index is 12.2. The van der Waals surface area contributed by atoms with Crippen LogP contribution in [-0.4, -0.2) is 49.2 Å². The van der Waals surface area contributed by atoms with Crippen LogP contribution in [0.25, 0.3) is 0 Å². The van der Waals surface area contributed by atoms with Gasteiger partial charge in [0.05, 0.1) is 30.6 Å². The Morgan fingerprint density at radius 3 is 3.00 bits per heavy atom. The van der Waals surface area contributed by atoms with Crippen molar-refractivity contribution in [3.05, 3.63) is 21.6 Å². The Labute approximate surface area is 123 Å². The number of aromatic nitrogens is 2. The minimum atomic E-state index is -0.240. The lowest BCUT2D eigenvalue weighted by Crippen LogP contribution is -2.47. The number of nitrogens with one attached hydrogen (secondary N) is 1. The van der Waals surface area contributed by atoms with Gasteiger partial charge >= 0.3 is 0 Å². The van der Waals surface area contributed by atoms with E-state index in [4.69, 9.17) is 16.3 Å².